The minimum atomic E-state index is -0.665. The van der Waals surface area contributed by atoms with Gasteiger partial charge in [-0.1, -0.05) is 30.3 Å². The number of rotatable bonds is 8. The molecule has 0 saturated heterocycles. The number of ether oxygens (including phenoxy) is 1. The van der Waals surface area contributed by atoms with Crippen LogP contribution in [0.3, 0.4) is 0 Å². The van der Waals surface area contributed by atoms with Crippen molar-refractivity contribution < 1.29 is 14.3 Å². The van der Waals surface area contributed by atoms with E-state index in [0.29, 0.717) is 5.56 Å². The van der Waals surface area contributed by atoms with Crippen molar-refractivity contribution in [3.63, 3.8) is 0 Å². The monoisotopic (exact) mass is 384 g/mol. The van der Waals surface area contributed by atoms with Gasteiger partial charge in [0.25, 0.3) is 0 Å². The lowest BCUT2D eigenvalue weighted by Crippen LogP contribution is -2.45. The predicted octanol–water partition coefficient (Wildman–Crippen LogP) is 3.62. The Bertz CT molecular complexity index is 771. The van der Waals surface area contributed by atoms with E-state index in [1.807, 2.05) is 19.9 Å². The number of ketones is 1. The Morgan fingerprint density at radius 1 is 1.25 bits per heavy atom. The van der Waals surface area contributed by atoms with E-state index in [1.54, 1.807) is 51.1 Å². The van der Waals surface area contributed by atoms with Gasteiger partial charge in [0.2, 0.25) is 5.78 Å². The van der Waals surface area contributed by atoms with Crippen molar-refractivity contribution in [2.45, 2.75) is 52.7 Å². The number of benzene rings is 1. The van der Waals surface area contributed by atoms with Gasteiger partial charge in [0.15, 0.2) is 0 Å². The van der Waals surface area contributed by atoms with E-state index in [1.165, 1.54) is 4.90 Å². The Kier molecular flexibility index (Phi) is 8.52. The Balaban J connectivity index is 3.07. The Morgan fingerprint density at radius 2 is 1.86 bits per heavy atom. The fourth-order valence-electron chi connectivity index (χ4n) is 2.28. The number of nitrogens with one attached hydrogen (secondary N) is 1. The van der Waals surface area contributed by atoms with Gasteiger partial charge in [-0.2, -0.15) is 5.26 Å². The fourth-order valence-corrected chi connectivity index (χ4v) is 2.28. The van der Waals surface area contributed by atoms with Crippen LogP contribution in [0.2, 0.25) is 0 Å². The summed E-state index contributed by atoms with van der Waals surface area (Å²) >= 11 is 0. The van der Waals surface area contributed by atoms with Crippen LogP contribution in [-0.4, -0.2) is 52.9 Å². The number of carbonyl (C=O) groups excluding carboxylic acids is 2. The zero-order valence-electron chi connectivity index (χ0n) is 17.2. The second kappa shape index (κ2) is 10.4. The molecule has 1 amide bonds. The fraction of sp³-hybridized carbons (Fsp3) is 0.476. The van der Waals surface area contributed by atoms with Crippen molar-refractivity contribution in [2.24, 2.45) is 4.99 Å². The first-order valence-corrected chi connectivity index (χ1v) is 9.15. The minimum absolute atomic E-state index is 0.0961. The molecule has 28 heavy (non-hydrogen) atoms. The number of amides is 1. The SMILES string of the molecule is CC(C)N(CC(=O)C(=NCCC(=N)C#N)c1ccccc1)C(=O)OC(C)(C)C. The van der Waals surface area contributed by atoms with E-state index in [2.05, 4.69) is 4.99 Å². The van der Waals surface area contributed by atoms with E-state index in [4.69, 9.17) is 15.4 Å². The number of hydrogen-bond acceptors (Lipinski definition) is 6. The lowest BCUT2D eigenvalue weighted by atomic mass is 10.1. The van der Waals surface area contributed by atoms with Gasteiger partial charge >= 0.3 is 6.09 Å². The van der Waals surface area contributed by atoms with Gasteiger partial charge in [-0.15, -0.1) is 0 Å². The van der Waals surface area contributed by atoms with Crippen molar-refractivity contribution in [3.8, 4) is 6.07 Å². The van der Waals surface area contributed by atoms with Crippen molar-refractivity contribution in [2.75, 3.05) is 13.1 Å². The third-order valence-corrected chi connectivity index (χ3v) is 3.64. The highest BCUT2D eigenvalue weighted by Crippen LogP contribution is 2.13. The zero-order valence-corrected chi connectivity index (χ0v) is 17.2. The van der Waals surface area contributed by atoms with Crippen LogP contribution in [0.1, 0.15) is 46.6 Å². The highest BCUT2D eigenvalue weighted by molar-refractivity contribution is 6.47. The molecule has 0 aliphatic rings. The first-order valence-electron chi connectivity index (χ1n) is 9.15. The molecule has 0 heterocycles. The van der Waals surface area contributed by atoms with Crippen LogP contribution < -0.4 is 0 Å². The molecule has 1 N–H and O–H groups in total. The molecule has 7 heteroatoms. The van der Waals surface area contributed by atoms with Crippen LogP contribution in [0.4, 0.5) is 4.79 Å². The maximum atomic E-state index is 13.0. The molecule has 0 atom stereocenters. The van der Waals surface area contributed by atoms with Crippen molar-refractivity contribution in [1.29, 1.82) is 10.7 Å². The molecule has 1 aromatic carbocycles. The average molecular weight is 384 g/mol. The van der Waals surface area contributed by atoms with Gasteiger partial charge in [0.05, 0.1) is 6.54 Å². The Morgan fingerprint density at radius 3 is 2.36 bits per heavy atom. The van der Waals surface area contributed by atoms with Crippen LogP contribution in [0.15, 0.2) is 35.3 Å². The molecule has 7 nitrogen and oxygen atoms in total. The molecule has 1 aromatic rings. The molecule has 0 fully saturated rings. The molecule has 150 valence electrons. The van der Waals surface area contributed by atoms with E-state index in [-0.39, 0.29) is 42.8 Å². The molecule has 0 unspecified atom stereocenters. The maximum absolute atomic E-state index is 13.0. The van der Waals surface area contributed by atoms with Gasteiger partial charge < -0.3 is 4.74 Å². The lowest BCUT2D eigenvalue weighted by Gasteiger charge is -2.29. The molecule has 0 radical (unpaired) electrons. The summed E-state index contributed by atoms with van der Waals surface area (Å²) in [7, 11) is 0. The predicted molar refractivity (Wildman–Crippen MR) is 109 cm³/mol. The summed E-state index contributed by atoms with van der Waals surface area (Å²) < 4.78 is 5.41. The summed E-state index contributed by atoms with van der Waals surface area (Å²) in [6.07, 6.45) is -0.408. The van der Waals surface area contributed by atoms with Crippen molar-refractivity contribution >= 4 is 23.3 Å². The second-order valence-electron chi connectivity index (χ2n) is 7.56. The first-order chi connectivity index (χ1) is 13.0. The average Bonchev–Trinajstić information content (AvgIpc) is 2.61. The van der Waals surface area contributed by atoms with Gasteiger partial charge in [-0.05, 0) is 34.6 Å². The Hall–Kier alpha value is -3.01. The molecule has 1 rings (SSSR count). The van der Waals surface area contributed by atoms with Gasteiger partial charge in [0.1, 0.15) is 23.1 Å². The highest BCUT2D eigenvalue weighted by atomic mass is 16.6. The molecule has 0 saturated carbocycles. The number of nitrogens with zero attached hydrogens (tertiary/aromatic N) is 3. The largest absolute Gasteiger partial charge is 0.444 e. The van der Waals surface area contributed by atoms with Crippen LogP contribution in [0.25, 0.3) is 0 Å². The summed E-state index contributed by atoms with van der Waals surface area (Å²) in [5.74, 6) is -0.325. The standard InChI is InChI=1S/C21H28N4O3/c1-15(2)25(20(27)28-21(3,4)5)14-18(26)19(16-9-7-6-8-10-16)24-12-11-17(23)13-22/h6-10,15,23H,11-12,14H2,1-5H3. The van der Waals surface area contributed by atoms with Crippen LogP contribution in [0, 0.1) is 16.7 Å². The number of carbonyl (C=O) groups is 2. The first kappa shape index (κ1) is 23.0. The van der Waals surface area contributed by atoms with E-state index >= 15 is 0 Å². The quantitative estimate of drug-likeness (QED) is 0.691. The third-order valence-electron chi connectivity index (χ3n) is 3.64. The second-order valence-corrected chi connectivity index (χ2v) is 7.56. The van der Waals surface area contributed by atoms with Gasteiger partial charge in [-0.25, -0.2) is 4.79 Å². The summed E-state index contributed by atoms with van der Waals surface area (Å²) in [6, 6.07) is 10.5. The number of Topliss-reactive ketones (excluding diaryl/α,β-unsaturated/α-hetero) is 1. The molecular weight excluding hydrogens is 356 g/mol. The van der Waals surface area contributed by atoms with Gasteiger partial charge in [-0.3, -0.25) is 20.1 Å². The van der Waals surface area contributed by atoms with Crippen LogP contribution in [0.5, 0.6) is 0 Å². The van der Waals surface area contributed by atoms with Crippen molar-refractivity contribution in [1.82, 2.24) is 4.90 Å². The van der Waals surface area contributed by atoms with E-state index in [9.17, 15) is 9.59 Å². The molecule has 0 aliphatic carbocycles. The summed E-state index contributed by atoms with van der Waals surface area (Å²) in [4.78, 5) is 31.1. The number of nitriles is 1. The zero-order chi connectivity index (χ0) is 21.3. The smallest absolute Gasteiger partial charge is 0.410 e. The number of aliphatic imine (C=N–C) groups is 1. The van der Waals surface area contributed by atoms with E-state index < -0.39 is 11.7 Å². The Labute approximate surface area is 166 Å². The summed E-state index contributed by atoms with van der Waals surface area (Å²) in [6.45, 7) is 8.91. The summed E-state index contributed by atoms with van der Waals surface area (Å²) in [5, 5.41) is 16.1. The van der Waals surface area contributed by atoms with Crippen molar-refractivity contribution in [3.05, 3.63) is 35.9 Å². The summed E-state index contributed by atoms with van der Waals surface area (Å²) in [5.41, 5.74) is 0.0898. The van der Waals surface area contributed by atoms with Crippen LogP contribution in [-0.2, 0) is 9.53 Å². The van der Waals surface area contributed by atoms with Crippen LogP contribution >= 0.6 is 0 Å². The molecular formula is C21H28N4O3. The lowest BCUT2D eigenvalue weighted by molar-refractivity contribution is -0.114. The number of hydrogen-bond donors (Lipinski definition) is 1. The molecule has 0 spiro atoms. The molecule has 0 bridgehead atoms. The topological polar surface area (TPSA) is 107 Å². The van der Waals surface area contributed by atoms with E-state index in [0.717, 1.165) is 0 Å². The van der Waals surface area contributed by atoms with Gasteiger partial charge in [0, 0.05) is 24.6 Å². The molecule has 0 aromatic heterocycles. The highest BCUT2D eigenvalue weighted by Gasteiger charge is 2.27. The normalized spacial score (nSPS) is 11.7. The minimum Gasteiger partial charge on any atom is -0.444 e. The third kappa shape index (κ3) is 7.70. The molecule has 0 aliphatic heterocycles. The maximum Gasteiger partial charge on any atom is 0.410 e.